The maximum Gasteiger partial charge on any atom is 0.306 e. The molecule has 448 valence electrons. The van der Waals surface area contributed by atoms with Crippen LogP contribution in [0.3, 0.4) is 0 Å². The highest BCUT2D eigenvalue weighted by Crippen LogP contribution is 2.16. The largest absolute Gasteiger partial charge is 0.462 e. The van der Waals surface area contributed by atoms with E-state index in [0.29, 0.717) is 19.3 Å². The van der Waals surface area contributed by atoms with Crippen molar-refractivity contribution in [3.63, 3.8) is 0 Å². The lowest BCUT2D eigenvalue weighted by molar-refractivity contribution is -0.167. The Bertz CT molecular complexity index is 1680. The normalized spacial score (nSPS) is 13.0. The molecular weight excluding hydrogens is 973 g/mol. The van der Waals surface area contributed by atoms with Gasteiger partial charge in [0.25, 0.3) is 0 Å². The fourth-order valence-electron chi connectivity index (χ4n) is 8.83. The van der Waals surface area contributed by atoms with Gasteiger partial charge in [0.1, 0.15) is 13.2 Å². The Morgan fingerprint density at radius 1 is 0.266 bits per heavy atom. The van der Waals surface area contributed by atoms with Crippen molar-refractivity contribution < 1.29 is 28.6 Å². The van der Waals surface area contributed by atoms with Crippen molar-refractivity contribution in [1.29, 1.82) is 0 Å². The third-order valence-corrected chi connectivity index (χ3v) is 13.7. The Morgan fingerprint density at radius 2 is 0.494 bits per heavy atom. The van der Waals surface area contributed by atoms with E-state index in [-0.39, 0.29) is 31.1 Å². The Labute approximate surface area is 487 Å². The molecule has 0 amide bonds. The highest BCUT2D eigenvalue weighted by Gasteiger charge is 2.19. The molecule has 0 N–H and O–H groups in total. The third kappa shape index (κ3) is 64.3. The van der Waals surface area contributed by atoms with Crippen LogP contribution in [0.4, 0.5) is 0 Å². The lowest BCUT2D eigenvalue weighted by Gasteiger charge is -2.18. The average Bonchev–Trinajstić information content (AvgIpc) is 3.45. The van der Waals surface area contributed by atoms with Crippen molar-refractivity contribution in [3.8, 4) is 0 Å². The van der Waals surface area contributed by atoms with Gasteiger partial charge in [0.05, 0.1) is 0 Å². The van der Waals surface area contributed by atoms with Gasteiger partial charge in [-0.2, -0.15) is 0 Å². The number of carbonyl (C=O) groups is 3. The van der Waals surface area contributed by atoms with Crippen LogP contribution < -0.4 is 0 Å². The standard InChI is InChI=1S/C73H120O6/c1-4-7-10-13-16-19-22-25-27-28-29-30-31-32-33-34-35-36-37-38-39-40-41-42-43-44-46-48-51-54-57-60-63-66-72(75)78-69-70(68-77-71(74)65-62-59-56-53-50-47-24-21-18-15-12-9-6-3)79-73(76)67-64-61-58-55-52-49-45-26-23-20-17-14-11-8-5-2/h7-8,10-11,16-17,19-20,25-27,29-30,32-33,35-36,38-39,41-42,45,70H,4-6,9,12-15,18,21-24,28,31,34,37,40,43-44,46-69H2,1-3H3/b10-7-,11-8-,19-16-,20-17-,27-25-,30-29-,33-32-,36-35-,39-38-,42-41-,45-26-. The molecular formula is C73H120O6. The summed E-state index contributed by atoms with van der Waals surface area (Å²) in [5, 5.41) is 0. The molecule has 0 saturated carbocycles. The number of hydrogen-bond donors (Lipinski definition) is 0. The zero-order valence-electron chi connectivity index (χ0n) is 51.3. The molecule has 0 aromatic rings. The van der Waals surface area contributed by atoms with Gasteiger partial charge in [-0.05, 0) is 116 Å². The Hall–Kier alpha value is -4.45. The maximum absolute atomic E-state index is 12.9. The molecule has 0 spiro atoms. The number of ether oxygens (including phenoxy) is 3. The van der Waals surface area contributed by atoms with Crippen LogP contribution in [-0.2, 0) is 28.6 Å². The number of rotatable bonds is 58. The Balaban J connectivity index is 4.28. The van der Waals surface area contributed by atoms with Crippen LogP contribution in [0.2, 0.25) is 0 Å². The first-order valence-corrected chi connectivity index (χ1v) is 32.7. The molecule has 0 aliphatic heterocycles. The molecule has 0 heterocycles. The van der Waals surface area contributed by atoms with Crippen LogP contribution >= 0.6 is 0 Å². The second kappa shape index (κ2) is 66.1. The summed E-state index contributed by atoms with van der Waals surface area (Å²) >= 11 is 0. The summed E-state index contributed by atoms with van der Waals surface area (Å²) in [6.45, 7) is 6.40. The zero-order chi connectivity index (χ0) is 57.1. The van der Waals surface area contributed by atoms with E-state index in [9.17, 15) is 14.4 Å². The van der Waals surface area contributed by atoms with Crippen molar-refractivity contribution in [1.82, 2.24) is 0 Å². The van der Waals surface area contributed by atoms with Gasteiger partial charge in [0.15, 0.2) is 6.10 Å². The first-order chi connectivity index (χ1) is 39.0. The van der Waals surface area contributed by atoms with Crippen LogP contribution in [0, 0.1) is 0 Å². The number of hydrogen-bond acceptors (Lipinski definition) is 6. The van der Waals surface area contributed by atoms with Gasteiger partial charge >= 0.3 is 17.9 Å². The highest BCUT2D eigenvalue weighted by molar-refractivity contribution is 5.71. The average molecular weight is 1090 g/mol. The topological polar surface area (TPSA) is 78.9 Å². The zero-order valence-corrected chi connectivity index (χ0v) is 51.3. The van der Waals surface area contributed by atoms with Crippen LogP contribution in [-0.4, -0.2) is 37.2 Å². The number of allylic oxidation sites excluding steroid dienone is 22. The monoisotopic (exact) mass is 1090 g/mol. The van der Waals surface area contributed by atoms with Crippen molar-refractivity contribution in [2.75, 3.05) is 13.2 Å². The molecule has 0 aromatic heterocycles. The summed E-state index contributed by atoms with van der Waals surface area (Å²) in [5.41, 5.74) is 0. The molecule has 0 aliphatic carbocycles. The SMILES string of the molecule is CC/C=C\C/C=C\C/C=C\C/C=C\C/C=C\C/C=C\C/C=C\C/C=C\CCCCCCCCCCC(=O)OCC(COC(=O)CCCCCCCCCCCCCCC)OC(=O)CCCCCCC/C=C\C/C=C\C/C=C\CC. The molecule has 0 radical (unpaired) electrons. The van der Waals surface area contributed by atoms with Crippen LogP contribution in [0.1, 0.15) is 290 Å². The van der Waals surface area contributed by atoms with E-state index in [1.807, 2.05) is 0 Å². The molecule has 1 atom stereocenters. The number of unbranched alkanes of at least 4 members (excludes halogenated alkanes) is 25. The van der Waals surface area contributed by atoms with Crippen molar-refractivity contribution in [3.05, 3.63) is 134 Å². The van der Waals surface area contributed by atoms with E-state index >= 15 is 0 Å². The summed E-state index contributed by atoms with van der Waals surface area (Å²) in [4.78, 5) is 38.3. The van der Waals surface area contributed by atoms with E-state index in [0.717, 1.165) is 154 Å². The fourth-order valence-corrected chi connectivity index (χ4v) is 8.83. The Morgan fingerprint density at radius 3 is 0.772 bits per heavy atom. The lowest BCUT2D eigenvalue weighted by atomic mass is 10.0. The minimum absolute atomic E-state index is 0.0878. The number of esters is 3. The molecule has 0 aliphatic rings. The van der Waals surface area contributed by atoms with Gasteiger partial charge in [-0.3, -0.25) is 14.4 Å². The maximum atomic E-state index is 12.9. The summed E-state index contributed by atoms with van der Waals surface area (Å²) in [7, 11) is 0. The first kappa shape index (κ1) is 74.5. The molecule has 0 fully saturated rings. The van der Waals surface area contributed by atoms with Crippen molar-refractivity contribution in [2.45, 2.75) is 297 Å². The molecule has 1 unspecified atom stereocenters. The summed E-state index contributed by atoms with van der Waals surface area (Å²) < 4.78 is 16.9. The molecule has 0 saturated heterocycles. The smallest absolute Gasteiger partial charge is 0.306 e. The quantitative estimate of drug-likeness (QED) is 0.0261. The predicted octanol–water partition coefficient (Wildman–Crippen LogP) is 22.5. The summed E-state index contributed by atoms with van der Waals surface area (Å²) in [6, 6.07) is 0. The van der Waals surface area contributed by atoms with Gasteiger partial charge in [0, 0.05) is 19.3 Å². The number of carbonyl (C=O) groups excluding carboxylic acids is 3. The molecule has 79 heavy (non-hydrogen) atoms. The van der Waals surface area contributed by atoms with E-state index in [1.54, 1.807) is 0 Å². The second-order valence-corrected chi connectivity index (χ2v) is 21.3. The molecule has 6 nitrogen and oxygen atoms in total. The van der Waals surface area contributed by atoms with Gasteiger partial charge in [0.2, 0.25) is 0 Å². The van der Waals surface area contributed by atoms with E-state index in [4.69, 9.17) is 14.2 Å². The van der Waals surface area contributed by atoms with E-state index in [1.165, 1.54) is 96.3 Å². The predicted molar refractivity (Wildman–Crippen MR) is 343 cm³/mol. The minimum atomic E-state index is -0.793. The molecule has 0 rings (SSSR count). The van der Waals surface area contributed by atoms with Gasteiger partial charge in [-0.1, -0.05) is 289 Å². The van der Waals surface area contributed by atoms with Gasteiger partial charge < -0.3 is 14.2 Å². The minimum Gasteiger partial charge on any atom is -0.462 e. The molecule has 6 heteroatoms. The van der Waals surface area contributed by atoms with Gasteiger partial charge in [-0.15, -0.1) is 0 Å². The summed E-state index contributed by atoms with van der Waals surface area (Å²) in [5.74, 6) is -0.910. The third-order valence-electron chi connectivity index (χ3n) is 13.7. The van der Waals surface area contributed by atoms with Crippen LogP contribution in [0.15, 0.2) is 134 Å². The Kier molecular flexibility index (Phi) is 62.3. The van der Waals surface area contributed by atoms with E-state index < -0.39 is 6.10 Å². The van der Waals surface area contributed by atoms with E-state index in [2.05, 4.69) is 154 Å². The molecule has 0 bridgehead atoms. The highest BCUT2D eigenvalue weighted by atomic mass is 16.6. The fraction of sp³-hybridized carbons (Fsp3) is 0.658. The summed E-state index contributed by atoms with van der Waals surface area (Å²) in [6.07, 6.45) is 93.2. The van der Waals surface area contributed by atoms with Crippen molar-refractivity contribution in [2.24, 2.45) is 0 Å². The second-order valence-electron chi connectivity index (χ2n) is 21.3. The van der Waals surface area contributed by atoms with Crippen molar-refractivity contribution >= 4 is 17.9 Å². The van der Waals surface area contributed by atoms with Crippen LogP contribution in [0.5, 0.6) is 0 Å². The lowest BCUT2D eigenvalue weighted by Crippen LogP contribution is -2.30. The van der Waals surface area contributed by atoms with Gasteiger partial charge in [-0.25, -0.2) is 0 Å². The first-order valence-electron chi connectivity index (χ1n) is 32.7. The molecule has 0 aromatic carbocycles. The van der Waals surface area contributed by atoms with Crippen LogP contribution in [0.25, 0.3) is 0 Å².